The van der Waals surface area contributed by atoms with Crippen LogP contribution in [0.1, 0.15) is 13.3 Å². The van der Waals surface area contributed by atoms with Crippen molar-refractivity contribution >= 4 is 11.9 Å². The summed E-state index contributed by atoms with van der Waals surface area (Å²) in [4.78, 5) is 16.7. The first-order chi connectivity index (χ1) is 11.8. The first-order valence-corrected chi connectivity index (χ1v) is 7.76. The molecule has 24 heavy (non-hydrogen) atoms. The summed E-state index contributed by atoms with van der Waals surface area (Å²) in [6.45, 7) is 1.89. The molecule has 3 aromatic rings. The van der Waals surface area contributed by atoms with Crippen molar-refractivity contribution in [3.05, 3.63) is 60.7 Å². The van der Waals surface area contributed by atoms with Gasteiger partial charge in [0.1, 0.15) is 5.75 Å². The second kappa shape index (κ2) is 7.41. The highest BCUT2D eigenvalue weighted by Crippen LogP contribution is 2.16. The monoisotopic (exact) mass is 322 g/mol. The zero-order valence-corrected chi connectivity index (χ0v) is 13.3. The number of rotatable bonds is 6. The molecule has 2 aromatic carbocycles. The molecule has 1 heterocycles. The van der Waals surface area contributed by atoms with Gasteiger partial charge in [-0.15, -0.1) is 5.10 Å². The lowest BCUT2D eigenvalue weighted by Gasteiger charge is -2.15. The highest BCUT2D eigenvalue weighted by Gasteiger charge is 2.20. The molecule has 0 aliphatic heterocycles. The third kappa shape index (κ3) is 3.78. The number of aromatic amines is 1. The molecule has 0 unspecified atom stereocenters. The lowest BCUT2D eigenvalue weighted by molar-refractivity contribution is -0.122. The van der Waals surface area contributed by atoms with Gasteiger partial charge >= 0.3 is 0 Å². The van der Waals surface area contributed by atoms with Crippen LogP contribution in [0.5, 0.6) is 5.75 Å². The average molecular weight is 322 g/mol. The fraction of sp³-hybridized carbons (Fsp3) is 0.167. The number of amides is 1. The van der Waals surface area contributed by atoms with E-state index in [1.165, 1.54) is 0 Å². The van der Waals surface area contributed by atoms with E-state index in [9.17, 15) is 4.79 Å². The predicted octanol–water partition coefficient (Wildman–Crippen LogP) is 3.27. The molecule has 0 fully saturated rings. The van der Waals surface area contributed by atoms with Crippen molar-refractivity contribution < 1.29 is 9.53 Å². The SMILES string of the molecule is CC[C@@H](Oc1ccccc1)C(=O)Nc1n[nH]c(-c2ccccc2)n1. The molecule has 0 aliphatic rings. The van der Waals surface area contributed by atoms with Gasteiger partial charge in [0.05, 0.1) is 0 Å². The molecule has 3 rings (SSSR count). The van der Waals surface area contributed by atoms with Crippen LogP contribution >= 0.6 is 0 Å². The molecule has 0 aliphatic carbocycles. The van der Waals surface area contributed by atoms with Crippen molar-refractivity contribution in [3.63, 3.8) is 0 Å². The molecule has 1 atom stereocenters. The van der Waals surface area contributed by atoms with E-state index in [1.54, 1.807) is 0 Å². The molecular formula is C18H18N4O2. The van der Waals surface area contributed by atoms with Crippen molar-refractivity contribution in [1.29, 1.82) is 0 Å². The van der Waals surface area contributed by atoms with Crippen molar-refractivity contribution in [2.45, 2.75) is 19.4 Å². The molecular weight excluding hydrogens is 304 g/mol. The van der Waals surface area contributed by atoms with Gasteiger partial charge in [0.2, 0.25) is 5.95 Å². The fourth-order valence-electron chi connectivity index (χ4n) is 2.22. The van der Waals surface area contributed by atoms with Crippen LogP contribution < -0.4 is 10.1 Å². The molecule has 6 nitrogen and oxygen atoms in total. The standard InChI is InChI=1S/C18H18N4O2/c1-2-15(24-14-11-7-4-8-12-14)17(23)20-18-19-16(21-22-18)13-9-5-3-6-10-13/h3-12,15H,2H2,1H3,(H2,19,20,21,22,23)/t15-/m1/s1. The van der Waals surface area contributed by atoms with Crippen LogP contribution in [-0.2, 0) is 4.79 Å². The number of hydrogen-bond acceptors (Lipinski definition) is 4. The number of anilines is 1. The van der Waals surface area contributed by atoms with Crippen molar-refractivity contribution in [3.8, 4) is 17.1 Å². The summed E-state index contributed by atoms with van der Waals surface area (Å²) in [6.07, 6.45) is -0.0671. The Morgan fingerprint density at radius 1 is 1.12 bits per heavy atom. The number of hydrogen-bond donors (Lipinski definition) is 2. The largest absolute Gasteiger partial charge is 0.481 e. The topological polar surface area (TPSA) is 79.9 Å². The molecule has 0 saturated heterocycles. The molecule has 6 heteroatoms. The van der Waals surface area contributed by atoms with Gasteiger partial charge in [0.15, 0.2) is 11.9 Å². The van der Waals surface area contributed by atoms with Gasteiger partial charge in [-0.3, -0.25) is 15.2 Å². The maximum Gasteiger partial charge on any atom is 0.267 e. The highest BCUT2D eigenvalue weighted by molar-refractivity contribution is 5.93. The molecule has 1 amide bonds. The van der Waals surface area contributed by atoms with Gasteiger partial charge in [-0.25, -0.2) is 0 Å². The van der Waals surface area contributed by atoms with Crippen molar-refractivity contribution in [1.82, 2.24) is 15.2 Å². The summed E-state index contributed by atoms with van der Waals surface area (Å²) in [5.41, 5.74) is 0.901. The lowest BCUT2D eigenvalue weighted by Crippen LogP contribution is -2.32. The van der Waals surface area contributed by atoms with Gasteiger partial charge in [-0.1, -0.05) is 55.5 Å². The number of benzene rings is 2. The summed E-state index contributed by atoms with van der Waals surface area (Å²) >= 11 is 0. The van der Waals surface area contributed by atoms with Crippen LogP contribution in [0.15, 0.2) is 60.7 Å². The third-order valence-corrected chi connectivity index (χ3v) is 3.45. The van der Waals surface area contributed by atoms with Gasteiger partial charge in [-0.2, -0.15) is 4.98 Å². The first kappa shape index (κ1) is 15.7. The van der Waals surface area contributed by atoms with Crippen molar-refractivity contribution in [2.75, 3.05) is 5.32 Å². The Morgan fingerprint density at radius 2 is 1.79 bits per heavy atom. The van der Waals surface area contributed by atoms with E-state index in [2.05, 4.69) is 20.5 Å². The Bertz CT molecular complexity index is 787. The summed E-state index contributed by atoms with van der Waals surface area (Å²) in [7, 11) is 0. The van der Waals surface area contributed by atoms with Gasteiger partial charge in [-0.05, 0) is 18.6 Å². The van der Waals surface area contributed by atoms with Crippen LogP contribution in [-0.4, -0.2) is 27.2 Å². The third-order valence-electron chi connectivity index (χ3n) is 3.45. The number of aromatic nitrogens is 3. The highest BCUT2D eigenvalue weighted by atomic mass is 16.5. The lowest BCUT2D eigenvalue weighted by atomic mass is 10.2. The first-order valence-electron chi connectivity index (χ1n) is 7.76. The number of nitrogens with one attached hydrogen (secondary N) is 2. The van der Waals surface area contributed by atoms with Gasteiger partial charge < -0.3 is 4.74 Å². The Labute approximate surface area is 139 Å². The second-order valence-electron chi connectivity index (χ2n) is 5.19. The van der Waals surface area contributed by atoms with Gasteiger partial charge in [0.25, 0.3) is 5.91 Å². The minimum absolute atomic E-state index is 0.231. The number of nitrogens with zero attached hydrogens (tertiary/aromatic N) is 2. The number of carbonyl (C=O) groups excluding carboxylic acids is 1. The Balaban J connectivity index is 1.66. The quantitative estimate of drug-likeness (QED) is 0.730. The Hall–Kier alpha value is -3.15. The van der Waals surface area contributed by atoms with E-state index < -0.39 is 6.10 Å². The molecule has 0 spiro atoms. The van der Waals surface area contributed by atoms with E-state index in [4.69, 9.17) is 4.74 Å². The average Bonchev–Trinajstić information content (AvgIpc) is 3.09. The summed E-state index contributed by atoms with van der Waals surface area (Å²) in [6, 6.07) is 18.8. The predicted molar refractivity (Wildman–Crippen MR) is 91.6 cm³/mol. The number of para-hydroxylation sites is 1. The summed E-state index contributed by atoms with van der Waals surface area (Å²) < 4.78 is 5.71. The van der Waals surface area contributed by atoms with Crippen LogP contribution in [0, 0.1) is 0 Å². The fourth-order valence-corrected chi connectivity index (χ4v) is 2.22. The summed E-state index contributed by atoms with van der Waals surface area (Å²) in [5.74, 6) is 1.20. The zero-order chi connectivity index (χ0) is 16.8. The second-order valence-corrected chi connectivity index (χ2v) is 5.19. The van der Waals surface area contributed by atoms with E-state index in [0.717, 1.165) is 5.56 Å². The molecule has 0 bridgehead atoms. The van der Waals surface area contributed by atoms with Crippen LogP contribution in [0.25, 0.3) is 11.4 Å². The molecule has 0 saturated carbocycles. The van der Waals surface area contributed by atoms with Crippen LogP contribution in [0.4, 0.5) is 5.95 Å². The van der Waals surface area contributed by atoms with Crippen molar-refractivity contribution in [2.24, 2.45) is 0 Å². The Kier molecular flexibility index (Phi) is 4.86. The Morgan fingerprint density at radius 3 is 2.46 bits per heavy atom. The molecule has 2 N–H and O–H groups in total. The van der Waals surface area contributed by atoms with Gasteiger partial charge in [0, 0.05) is 5.56 Å². The van der Waals surface area contributed by atoms with Crippen LogP contribution in [0.3, 0.4) is 0 Å². The zero-order valence-electron chi connectivity index (χ0n) is 13.3. The number of ether oxygens (including phenoxy) is 1. The van der Waals surface area contributed by atoms with E-state index in [0.29, 0.717) is 18.0 Å². The minimum Gasteiger partial charge on any atom is -0.481 e. The molecule has 1 aromatic heterocycles. The van der Waals surface area contributed by atoms with E-state index >= 15 is 0 Å². The van der Waals surface area contributed by atoms with E-state index in [1.807, 2.05) is 67.6 Å². The maximum atomic E-state index is 12.4. The normalized spacial score (nSPS) is 11.7. The van der Waals surface area contributed by atoms with Crippen LogP contribution in [0.2, 0.25) is 0 Å². The molecule has 0 radical (unpaired) electrons. The summed E-state index contributed by atoms with van der Waals surface area (Å²) in [5, 5.41) is 9.54. The maximum absolute atomic E-state index is 12.4. The molecule has 122 valence electrons. The number of carbonyl (C=O) groups is 1. The minimum atomic E-state index is -0.605. The smallest absolute Gasteiger partial charge is 0.267 e. The number of H-pyrrole nitrogens is 1. The van der Waals surface area contributed by atoms with E-state index in [-0.39, 0.29) is 11.9 Å².